The molecule has 5 N–H and O–H groups in total. The fourth-order valence-corrected chi connectivity index (χ4v) is 1.27. The molecule has 0 heterocycles. The van der Waals surface area contributed by atoms with Gasteiger partial charge in [0.1, 0.15) is 0 Å². The molecule has 0 rings (SSSR count). The minimum atomic E-state index is -0.989. The van der Waals surface area contributed by atoms with Crippen LogP contribution in [0.25, 0.3) is 0 Å². The summed E-state index contributed by atoms with van der Waals surface area (Å²) in [5.74, 6) is -1.42. The molecule has 2 atom stereocenters. The molecule has 0 aliphatic rings. The Balaban J connectivity index is 4.05. The Morgan fingerprint density at radius 3 is 2.53 bits per heavy atom. The molecule has 0 aromatic carbocycles. The highest BCUT2D eigenvalue weighted by Crippen LogP contribution is 1.98. The van der Waals surface area contributed by atoms with Gasteiger partial charge >= 0.3 is 5.97 Å². The van der Waals surface area contributed by atoms with E-state index in [2.05, 4.69) is 5.32 Å². The van der Waals surface area contributed by atoms with Crippen LogP contribution in [0.4, 0.5) is 0 Å². The molecule has 0 aromatic heterocycles. The molecule has 17 heavy (non-hydrogen) atoms. The summed E-state index contributed by atoms with van der Waals surface area (Å²) in [6.07, 6.45) is 0.300. The Bertz CT molecular complexity index is 241. The maximum Gasteiger partial charge on any atom is 0.303 e. The lowest BCUT2D eigenvalue weighted by atomic mass is 10.1. The average molecular weight is 248 g/mol. The highest BCUT2D eigenvalue weighted by atomic mass is 16.5. The van der Waals surface area contributed by atoms with Crippen LogP contribution in [0, 0.1) is 0 Å². The second-order valence-corrected chi connectivity index (χ2v) is 3.71. The molecule has 0 saturated carbocycles. The number of aliphatic hydroxyl groups is 1. The predicted molar refractivity (Wildman–Crippen MR) is 60.4 cm³/mol. The molecule has 0 radical (unpaired) electrons. The molecule has 0 spiro atoms. The van der Waals surface area contributed by atoms with Crippen molar-refractivity contribution in [3.05, 3.63) is 0 Å². The van der Waals surface area contributed by atoms with Gasteiger partial charge in [-0.15, -0.1) is 0 Å². The summed E-state index contributed by atoms with van der Waals surface area (Å²) in [7, 11) is 1.49. The van der Waals surface area contributed by atoms with Crippen molar-refractivity contribution in [1.29, 1.82) is 0 Å². The smallest absolute Gasteiger partial charge is 0.303 e. The van der Waals surface area contributed by atoms with Crippen LogP contribution in [0.15, 0.2) is 0 Å². The quantitative estimate of drug-likeness (QED) is 0.402. The lowest BCUT2D eigenvalue weighted by molar-refractivity contribution is -0.137. The van der Waals surface area contributed by atoms with Crippen molar-refractivity contribution in [3.8, 4) is 0 Å². The zero-order valence-electron chi connectivity index (χ0n) is 9.89. The molecule has 1 amide bonds. The largest absolute Gasteiger partial charge is 0.481 e. The lowest BCUT2D eigenvalue weighted by Gasteiger charge is -2.19. The van der Waals surface area contributed by atoms with Crippen LogP contribution in [0.1, 0.15) is 19.3 Å². The Labute approximate surface area is 99.9 Å². The van der Waals surface area contributed by atoms with E-state index in [1.54, 1.807) is 0 Å². The molecule has 0 aliphatic heterocycles. The molecule has 2 unspecified atom stereocenters. The van der Waals surface area contributed by atoms with Gasteiger partial charge in [-0.2, -0.15) is 0 Å². The van der Waals surface area contributed by atoms with Crippen molar-refractivity contribution >= 4 is 11.9 Å². The number of aliphatic carboxylic acids is 1. The van der Waals surface area contributed by atoms with Crippen LogP contribution in [0.5, 0.6) is 0 Å². The average Bonchev–Trinajstić information content (AvgIpc) is 2.26. The van der Waals surface area contributed by atoms with E-state index in [4.69, 9.17) is 20.7 Å². The van der Waals surface area contributed by atoms with Gasteiger partial charge in [-0.3, -0.25) is 9.59 Å². The number of amides is 1. The van der Waals surface area contributed by atoms with Crippen LogP contribution < -0.4 is 11.1 Å². The predicted octanol–water partition coefficient (Wildman–Crippen LogP) is -1.31. The molecule has 0 bridgehead atoms. The summed E-state index contributed by atoms with van der Waals surface area (Å²) in [6, 6.07) is -1.17. The first-order chi connectivity index (χ1) is 8.01. The van der Waals surface area contributed by atoms with Crippen LogP contribution in [0.2, 0.25) is 0 Å². The first kappa shape index (κ1) is 15.8. The second kappa shape index (κ2) is 8.91. The van der Waals surface area contributed by atoms with Crippen molar-refractivity contribution in [2.24, 2.45) is 5.73 Å². The summed E-state index contributed by atoms with van der Waals surface area (Å²) < 4.78 is 4.87. The van der Waals surface area contributed by atoms with Crippen LogP contribution in [-0.4, -0.2) is 54.5 Å². The molecule has 0 fully saturated rings. The number of ether oxygens (including phenoxy) is 1. The number of carbonyl (C=O) groups excluding carboxylic acids is 1. The van der Waals surface area contributed by atoms with E-state index in [0.29, 0.717) is 6.42 Å². The standard InChI is InChI=1S/C10H20N2O5/c1-17-6-7(4-5-13)12-10(16)8(11)2-3-9(14)15/h7-8,13H,2-6,11H2,1H3,(H,12,16)(H,14,15). The minimum absolute atomic E-state index is 0.0708. The third-order valence-electron chi connectivity index (χ3n) is 2.20. The van der Waals surface area contributed by atoms with Crippen molar-refractivity contribution in [2.45, 2.75) is 31.3 Å². The second-order valence-electron chi connectivity index (χ2n) is 3.71. The van der Waals surface area contributed by atoms with Crippen LogP contribution in [0.3, 0.4) is 0 Å². The normalized spacial score (nSPS) is 14.1. The molecular formula is C10H20N2O5. The highest BCUT2D eigenvalue weighted by Gasteiger charge is 2.18. The van der Waals surface area contributed by atoms with Crippen LogP contribution in [-0.2, 0) is 14.3 Å². The van der Waals surface area contributed by atoms with Gasteiger partial charge in [0, 0.05) is 20.1 Å². The van der Waals surface area contributed by atoms with E-state index in [-0.39, 0.29) is 32.1 Å². The zero-order valence-corrected chi connectivity index (χ0v) is 9.89. The first-order valence-electron chi connectivity index (χ1n) is 5.38. The van der Waals surface area contributed by atoms with Gasteiger partial charge in [0.2, 0.25) is 5.91 Å². The van der Waals surface area contributed by atoms with Gasteiger partial charge in [-0.05, 0) is 12.8 Å². The number of carboxylic acids is 1. The van der Waals surface area contributed by atoms with Crippen LogP contribution >= 0.6 is 0 Å². The maximum absolute atomic E-state index is 11.5. The number of carboxylic acid groups (broad SMARTS) is 1. The SMILES string of the molecule is COCC(CCO)NC(=O)C(N)CCC(=O)O. The van der Waals surface area contributed by atoms with Gasteiger partial charge in [0.15, 0.2) is 0 Å². The summed E-state index contributed by atoms with van der Waals surface area (Å²) >= 11 is 0. The van der Waals surface area contributed by atoms with E-state index in [1.807, 2.05) is 0 Å². The number of carbonyl (C=O) groups is 2. The fraction of sp³-hybridized carbons (Fsp3) is 0.800. The Morgan fingerprint density at radius 2 is 2.06 bits per heavy atom. The monoisotopic (exact) mass is 248 g/mol. The summed E-state index contributed by atoms with van der Waals surface area (Å²) in [6.45, 7) is 0.205. The highest BCUT2D eigenvalue weighted by molar-refractivity contribution is 5.82. The molecular weight excluding hydrogens is 228 g/mol. The topological polar surface area (TPSA) is 122 Å². The number of rotatable bonds is 9. The van der Waals surface area contributed by atoms with Gasteiger partial charge < -0.3 is 26.0 Å². The van der Waals surface area contributed by atoms with Gasteiger partial charge in [0.25, 0.3) is 0 Å². The van der Waals surface area contributed by atoms with Crippen molar-refractivity contribution in [1.82, 2.24) is 5.32 Å². The third-order valence-corrected chi connectivity index (χ3v) is 2.20. The number of hydrogen-bond acceptors (Lipinski definition) is 5. The van der Waals surface area contributed by atoms with Crippen molar-refractivity contribution in [3.63, 3.8) is 0 Å². The third kappa shape index (κ3) is 7.67. The first-order valence-corrected chi connectivity index (χ1v) is 5.38. The van der Waals surface area contributed by atoms with Gasteiger partial charge in [-0.1, -0.05) is 0 Å². The molecule has 0 aromatic rings. The molecule has 0 saturated heterocycles. The lowest BCUT2D eigenvalue weighted by Crippen LogP contribution is -2.47. The Kier molecular flexibility index (Phi) is 8.29. The molecule has 7 nitrogen and oxygen atoms in total. The number of aliphatic hydroxyl groups excluding tert-OH is 1. The summed E-state index contributed by atoms with van der Waals surface area (Å²) in [5, 5.41) is 19.8. The zero-order chi connectivity index (χ0) is 13.3. The van der Waals surface area contributed by atoms with E-state index in [0.717, 1.165) is 0 Å². The van der Waals surface area contributed by atoms with E-state index in [9.17, 15) is 9.59 Å². The van der Waals surface area contributed by atoms with Gasteiger partial charge in [0.05, 0.1) is 18.7 Å². The Morgan fingerprint density at radius 1 is 1.41 bits per heavy atom. The number of nitrogens with two attached hydrogens (primary N) is 1. The molecule has 7 heteroatoms. The van der Waals surface area contributed by atoms with Gasteiger partial charge in [-0.25, -0.2) is 0 Å². The maximum atomic E-state index is 11.5. The van der Waals surface area contributed by atoms with E-state index in [1.165, 1.54) is 7.11 Å². The summed E-state index contributed by atoms with van der Waals surface area (Å²) in [5.41, 5.74) is 5.53. The van der Waals surface area contributed by atoms with Crippen molar-refractivity contribution in [2.75, 3.05) is 20.3 Å². The van der Waals surface area contributed by atoms with E-state index < -0.39 is 17.9 Å². The Hall–Kier alpha value is -1.18. The fourth-order valence-electron chi connectivity index (χ4n) is 1.27. The molecule has 0 aliphatic carbocycles. The number of hydrogen-bond donors (Lipinski definition) is 4. The number of nitrogens with one attached hydrogen (secondary N) is 1. The number of methoxy groups -OCH3 is 1. The van der Waals surface area contributed by atoms with E-state index >= 15 is 0 Å². The molecule has 100 valence electrons. The minimum Gasteiger partial charge on any atom is -0.481 e. The van der Waals surface area contributed by atoms with Crippen molar-refractivity contribution < 1.29 is 24.5 Å². The summed E-state index contributed by atoms with van der Waals surface area (Å²) in [4.78, 5) is 21.9.